The van der Waals surface area contributed by atoms with Crippen LogP contribution in [0.3, 0.4) is 0 Å². The number of rotatable bonds is 7. The van der Waals surface area contributed by atoms with Crippen LogP contribution in [-0.2, 0) is 6.54 Å². The van der Waals surface area contributed by atoms with Crippen molar-refractivity contribution in [1.82, 2.24) is 20.7 Å². The van der Waals surface area contributed by atoms with Gasteiger partial charge in [0.2, 0.25) is 0 Å². The number of aromatic nitrogens is 3. The molecule has 1 saturated carbocycles. The first kappa shape index (κ1) is 18.1. The van der Waals surface area contributed by atoms with Gasteiger partial charge >= 0.3 is 0 Å². The number of halogens is 1. The van der Waals surface area contributed by atoms with E-state index in [-0.39, 0.29) is 11.7 Å². The maximum atomic E-state index is 13.2. The van der Waals surface area contributed by atoms with E-state index in [2.05, 4.69) is 26.0 Å². The number of carbonyl (C=O) groups is 1. The van der Waals surface area contributed by atoms with Crippen molar-refractivity contribution in [1.29, 1.82) is 0 Å². The predicted octanol–water partition coefficient (Wildman–Crippen LogP) is 3.33. The van der Waals surface area contributed by atoms with Gasteiger partial charge in [-0.2, -0.15) is 0 Å². The Kier molecular flexibility index (Phi) is 5.01. The van der Waals surface area contributed by atoms with E-state index in [9.17, 15) is 9.18 Å². The lowest BCUT2D eigenvalue weighted by Crippen LogP contribution is -2.26. The van der Waals surface area contributed by atoms with E-state index in [1.54, 1.807) is 24.3 Å². The molecule has 0 bridgehead atoms. The van der Waals surface area contributed by atoms with Crippen molar-refractivity contribution in [3.63, 3.8) is 0 Å². The first-order valence-electron chi connectivity index (χ1n) is 9.17. The first-order valence-corrected chi connectivity index (χ1v) is 9.17. The Morgan fingerprint density at radius 1 is 1.18 bits per heavy atom. The van der Waals surface area contributed by atoms with Gasteiger partial charge in [0.1, 0.15) is 23.1 Å². The standard InChI is InChI=1S/C20H20FN5O2/c1-12-16(19(26-28-12)14-4-6-15(21)7-5-14)11-22-18-9-8-17(24-25-18)20(27)23-10-13-2-3-13/h4-9,13H,2-3,10-11H2,1H3,(H,22,25)(H,23,27). The number of hydrogen-bond acceptors (Lipinski definition) is 6. The second kappa shape index (κ2) is 7.75. The van der Waals surface area contributed by atoms with Crippen molar-refractivity contribution in [2.24, 2.45) is 5.92 Å². The molecule has 3 aromatic rings. The number of hydrogen-bond donors (Lipinski definition) is 2. The van der Waals surface area contributed by atoms with E-state index in [0.29, 0.717) is 42.0 Å². The van der Waals surface area contributed by atoms with Crippen molar-refractivity contribution < 1.29 is 13.7 Å². The number of carbonyl (C=O) groups excluding carboxylic acids is 1. The fraction of sp³-hybridized carbons (Fsp3) is 0.300. The van der Waals surface area contributed by atoms with Gasteiger partial charge < -0.3 is 15.2 Å². The normalized spacial score (nSPS) is 13.4. The number of anilines is 1. The summed E-state index contributed by atoms with van der Waals surface area (Å²) in [6.07, 6.45) is 2.36. The molecule has 0 saturated heterocycles. The van der Waals surface area contributed by atoms with E-state index in [0.717, 1.165) is 11.1 Å². The summed E-state index contributed by atoms with van der Waals surface area (Å²) < 4.78 is 18.5. The maximum Gasteiger partial charge on any atom is 0.271 e. The fourth-order valence-electron chi connectivity index (χ4n) is 2.81. The molecule has 1 aromatic carbocycles. The van der Waals surface area contributed by atoms with Gasteiger partial charge in [-0.3, -0.25) is 4.79 Å². The van der Waals surface area contributed by atoms with Gasteiger partial charge in [0.05, 0.1) is 0 Å². The van der Waals surface area contributed by atoms with E-state index < -0.39 is 0 Å². The van der Waals surface area contributed by atoms with Crippen molar-refractivity contribution in [2.75, 3.05) is 11.9 Å². The van der Waals surface area contributed by atoms with Gasteiger partial charge in [-0.15, -0.1) is 10.2 Å². The van der Waals surface area contributed by atoms with Gasteiger partial charge in [-0.1, -0.05) is 5.16 Å². The van der Waals surface area contributed by atoms with Crippen LogP contribution in [0.15, 0.2) is 40.9 Å². The van der Waals surface area contributed by atoms with Crippen LogP contribution in [0.25, 0.3) is 11.3 Å². The third kappa shape index (κ3) is 4.16. The lowest BCUT2D eigenvalue weighted by molar-refractivity contribution is 0.0946. The van der Waals surface area contributed by atoms with Gasteiger partial charge in [0, 0.05) is 24.2 Å². The van der Waals surface area contributed by atoms with Gasteiger partial charge in [-0.25, -0.2) is 4.39 Å². The number of amides is 1. The first-order chi connectivity index (χ1) is 13.6. The molecular weight excluding hydrogens is 361 g/mol. The molecule has 2 heterocycles. The molecule has 0 aliphatic heterocycles. The molecule has 4 rings (SSSR count). The predicted molar refractivity (Wildman–Crippen MR) is 101 cm³/mol. The van der Waals surface area contributed by atoms with Crippen LogP contribution < -0.4 is 10.6 Å². The molecule has 8 heteroatoms. The summed E-state index contributed by atoms with van der Waals surface area (Å²) in [6, 6.07) is 9.43. The Bertz CT molecular complexity index is 965. The molecule has 7 nitrogen and oxygen atoms in total. The quantitative estimate of drug-likeness (QED) is 0.652. The highest BCUT2D eigenvalue weighted by Gasteiger charge is 2.22. The molecule has 0 atom stereocenters. The molecule has 28 heavy (non-hydrogen) atoms. The molecule has 1 aliphatic carbocycles. The minimum Gasteiger partial charge on any atom is -0.364 e. The van der Waals surface area contributed by atoms with Gasteiger partial charge in [0.25, 0.3) is 5.91 Å². The molecule has 2 aromatic heterocycles. The van der Waals surface area contributed by atoms with Crippen LogP contribution in [0, 0.1) is 18.7 Å². The summed E-state index contributed by atoms with van der Waals surface area (Å²) in [4.78, 5) is 12.0. The maximum absolute atomic E-state index is 13.2. The molecule has 2 N–H and O–H groups in total. The van der Waals surface area contributed by atoms with Crippen LogP contribution in [0.1, 0.15) is 34.7 Å². The zero-order valence-electron chi connectivity index (χ0n) is 15.4. The summed E-state index contributed by atoms with van der Waals surface area (Å²) in [6.45, 7) is 2.92. The molecule has 1 amide bonds. The van der Waals surface area contributed by atoms with Crippen molar-refractivity contribution in [3.05, 3.63) is 59.2 Å². The molecule has 1 aliphatic rings. The largest absolute Gasteiger partial charge is 0.364 e. The van der Waals surface area contributed by atoms with Crippen molar-refractivity contribution in [3.8, 4) is 11.3 Å². The van der Waals surface area contributed by atoms with E-state index in [4.69, 9.17) is 4.52 Å². The molecule has 0 unspecified atom stereocenters. The van der Waals surface area contributed by atoms with Crippen LogP contribution in [0.4, 0.5) is 10.2 Å². The lowest BCUT2D eigenvalue weighted by Gasteiger charge is -2.07. The average molecular weight is 381 g/mol. The summed E-state index contributed by atoms with van der Waals surface area (Å²) >= 11 is 0. The third-order valence-electron chi connectivity index (χ3n) is 4.69. The van der Waals surface area contributed by atoms with E-state index in [1.807, 2.05) is 6.92 Å². The highest BCUT2D eigenvalue weighted by Crippen LogP contribution is 2.28. The summed E-state index contributed by atoms with van der Waals surface area (Å²) in [5.41, 5.74) is 2.55. The summed E-state index contributed by atoms with van der Waals surface area (Å²) in [7, 11) is 0. The van der Waals surface area contributed by atoms with E-state index in [1.165, 1.54) is 25.0 Å². The van der Waals surface area contributed by atoms with Gasteiger partial charge in [-0.05, 0) is 62.1 Å². The Morgan fingerprint density at radius 2 is 1.96 bits per heavy atom. The van der Waals surface area contributed by atoms with Crippen LogP contribution in [0.2, 0.25) is 0 Å². The number of nitrogens with zero attached hydrogens (tertiary/aromatic N) is 3. The highest BCUT2D eigenvalue weighted by atomic mass is 19.1. The Morgan fingerprint density at radius 3 is 2.64 bits per heavy atom. The molecule has 144 valence electrons. The van der Waals surface area contributed by atoms with Crippen molar-refractivity contribution >= 4 is 11.7 Å². The third-order valence-corrected chi connectivity index (χ3v) is 4.69. The van der Waals surface area contributed by atoms with E-state index >= 15 is 0 Å². The second-order valence-electron chi connectivity index (χ2n) is 6.88. The number of benzene rings is 1. The topological polar surface area (TPSA) is 92.9 Å². The second-order valence-corrected chi connectivity index (χ2v) is 6.88. The van der Waals surface area contributed by atoms with Crippen LogP contribution in [0.5, 0.6) is 0 Å². The molecule has 0 spiro atoms. The summed E-state index contributed by atoms with van der Waals surface area (Å²) in [5, 5.41) is 18.1. The average Bonchev–Trinajstić information content (AvgIpc) is 3.47. The fourth-order valence-corrected chi connectivity index (χ4v) is 2.81. The summed E-state index contributed by atoms with van der Waals surface area (Å²) in [5.74, 6) is 1.29. The van der Waals surface area contributed by atoms with Crippen LogP contribution in [-0.4, -0.2) is 27.8 Å². The minimum absolute atomic E-state index is 0.209. The monoisotopic (exact) mass is 381 g/mol. The van der Waals surface area contributed by atoms with Gasteiger partial charge in [0.15, 0.2) is 5.69 Å². The SMILES string of the molecule is Cc1onc(-c2ccc(F)cc2)c1CNc1ccc(C(=O)NCC2CC2)nn1. The minimum atomic E-state index is -0.305. The highest BCUT2D eigenvalue weighted by molar-refractivity contribution is 5.92. The molecule has 1 fully saturated rings. The smallest absolute Gasteiger partial charge is 0.271 e. The lowest BCUT2D eigenvalue weighted by atomic mass is 10.1. The molecule has 0 radical (unpaired) electrons. The number of aryl methyl sites for hydroxylation is 1. The van der Waals surface area contributed by atoms with Crippen LogP contribution >= 0.6 is 0 Å². The Labute approximate surface area is 161 Å². The number of nitrogens with one attached hydrogen (secondary N) is 2. The van der Waals surface area contributed by atoms with Crippen molar-refractivity contribution in [2.45, 2.75) is 26.3 Å². The Balaban J connectivity index is 1.41. The Hall–Kier alpha value is -3.29. The molecular formula is C20H20FN5O2. The zero-order valence-corrected chi connectivity index (χ0v) is 15.4. The zero-order chi connectivity index (χ0) is 19.5.